The highest BCUT2D eigenvalue weighted by molar-refractivity contribution is 5.20. The van der Waals surface area contributed by atoms with Crippen LogP contribution in [0.15, 0.2) is 0 Å². The maximum absolute atomic E-state index is 5.50. The van der Waals surface area contributed by atoms with Gasteiger partial charge in [-0.05, 0) is 18.8 Å². The maximum Gasteiger partial charge on any atom is 0.324 e. The normalized spacial score (nSPS) is 16.8. The number of hydrogen-bond acceptors (Lipinski definition) is 7. The zero-order chi connectivity index (χ0) is 12.1. The molecule has 1 fully saturated rings. The number of nitrogen functional groups attached to an aromatic ring is 1. The Morgan fingerprint density at radius 3 is 2.65 bits per heavy atom. The van der Waals surface area contributed by atoms with E-state index in [-0.39, 0.29) is 18.0 Å². The van der Waals surface area contributed by atoms with Crippen LogP contribution in [0.3, 0.4) is 0 Å². The molecule has 17 heavy (non-hydrogen) atoms. The van der Waals surface area contributed by atoms with E-state index in [0.29, 0.717) is 12.5 Å². The van der Waals surface area contributed by atoms with E-state index in [0.717, 1.165) is 26.1 Å². The summed E-state index contributed by atoms with van der Waals surface area (Å²) in [5.41, 5.74) is 5.50. The SMILES string of the molecule is COc1nc(N)nc(OCC2CCOCC2)n1. The van der Waals surface area contributed by atoms with Crippen molar-refractivity contribution in [1.29, 1.82) is 0 Å². The average molecular weight is 240 g/mol. The number of nitrogens with zero attached hydrogens (tertiary/aromatic N) is 3. The molecule has 2 heterocycles. The monoisotopic (exact) mass is 240 g/mol. The van der Waals surface area contributed by atoms with E-state index in [1.165, 1.54) is 7.11 Å². The van der Waals surface area contributed by atoms with Gasteiger partial charge in [0.15, 0.2) is 0 Å². The Kier molecular flexibility index (Phi) is 3.92. The van der Waals surface area contributed by atoms with Crippen molar-refractivity contribution < 1.29 is 14.2 Å². The minimum absolute atomic E-state index is 0.0961. The number of aromatic nitrogens is 3. The first kappa shape index (κ1) is 11.8. The van der Waals surface area contributed by atoms with Crippen molar-refractivity contribution in [2.75, 3.05) is 32.7 Å². The summed E-state index contributed by atoms with van der Waals surface area (Å²) in [6.07, 6.45) is 2.00. The molecule has 7 nitrogen and oxygen atoms in total. The number of nitrogens with two attached hydrogens (primary N) is 1. The molecule has 2 rings (SSSR count). The fourth-order valence-electron chi connectivity index (χ4n) is 1.61. The molecule has 0 radical (unpaired) electrons. The van der Waals surface area contributed by atoms with Crippen LogP contribution in [0.1, 0.15) is 12.8 Å². The van der Waals surface area contributed by atoms with E-state index in [4.69, 9.17) is 19.9 Å². The molecule has 2 N–H and O–H groups in total. The van der Waals surface area contributed by atoms with Gasteiger partial charge in [-0.2, -0.15) is 9.97 Å². The van der Waals surface area contributed by atoms with Crippen LogP contribution in [-0.4, -0.2) is 41.9 Å². The number of ether oxygens (including phenoxy) is 3. The molecule has 1 aliphatic rings. The van der Waals surface area contributed by atoms with Gasteiger partial charge in [0.05, 0.1) is 13.7 Å². The minimum Gasteiger partial charge on any atom is -0.467 e. The Hall–Kier alpha value is -1.63. The van der Waals surface area contributed by atoms with E-state index in [1.54, 1.807) is 0 Å². The predicted molar refractivity (Wildman–Crippen MR) is 59.8 cm³/mol. The summed E-state index contributed by atoms with van der Waals surface area (Å²) in [5.74, 6) is 0.576. The molecule has 1 aliphatic heterocycles. The molecular formula is C10H16N4O3. The molecule has 0 bridgehead atoms. The van der Waals surface area contributed by atoms with Gasteiger partial charge in [0.1, 0.15) is 0 Å². The Balaban J connectivity index is 1.91. The summed E-state index contributed by atoms with van der Waals surface area (Å²) in [6.45, 7) is 2.14. The van der Waals surface area contributed by atoms with E-state index < -0.39 is 0 Å². The van der Waals surface area contributed by atoms with Crippen LogP contribution in [0.25, 0.3) is 0 Å². The summed E-state index contributed by atoms with van der Waals surface area (Å²) < 4.78 is 15.6. The molecule has 0 aliphatic carbocycles. The van der Waals surface area contributed by atoms with Gasteiger partial charge in [0, 0.05) is 13.2 Å². The van der Waals surface area contributed by atoms with E-state index in [2.05, 4.69) is 15.0 Å². The Bertz CT molecular complexity index is 369. The molecule has 7 heteroatoms. The second-order valence-electron chi connectivity index (χ2n) is 3.83. The van der Waals surface area contributed by atoms with Crippen molar-refractivity contribution in [3.8, 4) is 12.0 Å². The summed E-state index contributed by atoms with van der Waals surface area (Å²) >= 11 is 0. The lowest BCUT2D eigenvalue weighted by Crippen LogP contribution is -2.22. The molecule has 0 aromatic carbocycles. The third-order valence-electron chi connectivity index (χ3n) is 2.58. The summed E-state index contributed by atoms with van der Waals surface area (Å²) in [4.78, 5) is 11.6. The van der Waals surface area contributed by atoms with Crippen molar-refractivity contribution in [1.82, 2.24) is 15.0 Å². The minimum atomic E-state index is 0.0961. The topological polar surface area (TPSA) is 92.4 Å². The molecule has 0 unspecified atom stereocenters. The van der Waals surface area contributed by atoms with Crippen molar-refractivity contribution >= 4 is 5.95 Å². The first-order valence-electron chi connectivity index (χ1n) is 5.54. The highest BCUT2D eigenvalue weighted by Crippen LogP contribution is 2.17. The summed E-state index contributed by atoms with van der Waals surface area (Å²) in [5, 5.41) is 0. The van der Waals surface area contributed by atoms with Gasteiger partial charge in [-0.3, -0.25) is 0 Å². The summed E-state index contributed by atoms with van der Waals surface area (Å²) in [7, 11) is 1.47. The maximum atomic E-state index is 5.50. The third-order valence-corrected chi connectivity index (χ3v) is 2.58. The van der Waals surface area contributed by atoms with E-state index in [9.17, 15) is 0 Å². The van der Waals surface area contributed by atoms with Gasteiger partial charge in [-0.25, -0.2) is 0 Å². The standard InChI is InChI=1S/C10H16N4O3/c1-15-9-12-8(11)13-10(14-9)17-6-7-2-4-16-5-3-7/h7H,2-6H2,1H3,(H2,11,12,13,14). The van der Waals surface area contributed by atoms with Crippen LogP contribution in [-0.2, 0) is 4.74 Å². The second-order valence-corrected chi connectivity index (χ2v) is 3.83. The van der Waals surface area contributed by atoms with Gasteiger partial charge in [0.2, 0.25) is 5.95 Å². The zero-order valence-electron chi connectivity index (χ0n) is 9.76. The fourth-order valence-corrected chi connectivity index (χ4v) is 1.61. The van der Waals surface area contributed by atoms with Crippen LogP contribution < -0.4 is 15.2 Å². The molecule has 1 saturated heterocycles. The Labute approximate surface area is 99.3 Å². The lowest BCUT2D eigenvalue weighted by molar-refractivity contribution is 0.0481. The molecule has 1 aromatic heterocycles. The predicted octanol–water partition coefficient (Wildman–Crippen LogP) is 0.268. The van der Waals surface area contributed by atoms with Crippen LogP contribution in [0.5, 0.6) is 12.0 Å². The molecule has 0 saturated carbocycles. The first-order chi connectivity index (χ1) is 8.28. The molecule has 1 aromatic rings. The van der Waals surface area contributed by atoms with Crippen molar-refractivity contribution in [2.24, 2.45) is 5.92 Å². The molecule has 0 amide bonds. The van der Waals surface area contributed by atoms with Crippen molar-refractivity contribution in [2.45, 2.75) is 12.8 Å². The van der Waals surface area contributed by atoms with Crippen LogP contribution in [0.4, 0.5) is 5.95 Å². The van der Waals surface area contributed by atoms with E-state index in [1.807, 2.05) is 0 Å². The Morgan fingerprint density at radius 2 is 1.94 bits per heavy atom. The quantitative estimate of drug-likeness (QED) is 0.807. The average Bonchev–Trinajstić information content (AvgIpc) is 2.37. The lowest BCUT2D eigenvalue weighted by atomic mass is 10.0. The second kappa shape index (κ2) is 5.62. The number of methoxy groups -OCH3 is 1. The molecule has 94 valence electrons. The smallest absolute Gasteiger partial charge is 0.324 e. The molecular weight excluding hydrogens is 224 g/mol. The lowest BCUT2D eigenvalue weighted by Gasteiger charge is -2.21. The van der Waals surface area contributed by atoms with Crippen molar-refractivity contribution in [3.63, 3.8) is 0 Å². The molecule has 0 atom stereocenters. The number of hydrogen-bond donors (Lipinski definition) is 1. The molecule has 0 spiro atoms. The highest BCUT2D eigenvalue weighted by atomic mass is 16.5. The van der Waals surface area contributed by atoms with Crippen LogP contribution in [0.2, 0.25) is 0 Å². The van der Waals surface area contributed by atoms with Crippen molar-refractivity contribution in [3.05, 3.63) is 0 Å². The van der Waals surface area contributed by atoms with Gasteiger partial charge < -0.3 is 19.9 Å². The van der Waals surface area contributed by atoms with Gasteiger partial charge in [-0.1, -0.05) is 0 Å². The van der Waals surface area contributed by atoms with Gasteiger partial charge in [-0.15, -0.1) is 4.98 Å². The summed E-state index contributed by atoms with van der Waals surface area (Å²) in [6, 6.07) is 0.375. The highest BCUT2D eigenvalue weighted by Gasteiger charge is 2.15. The Morgan fingerprint density at radius 1 is 1.24 bits per heavy atom. The van der Waals surface area contributed by atoms with Gasteiger partial charge >= 0.3 is 12.0 Å². The third kappa shape index (κ3) is 3.42. The van der Waals surface area contributed by atoms with E-state index >= 15 is 0 Å². The first-order valence-corrected chi connectivity index (χ1v) is 5.54. The fraction of sp³-hybridized carbons (Fsp3) is 0.700. The van der Waals surface area contributed by atoms with Gasteiger partial charge in [0.25, 0.3) is 0 Å². The van der Waals surface area contributed by atoms with Crippen LogP contribution >= 0.6 is 0 Å². The number of anilines is 1. The van der Waals surface area contributed by atoms with Crippen LogP contribution in [0, 0.1) is 5.92 Å². The number of rotatable bonds is 4. The largest absolute Gasteiger partial charge is 0.467 e. The zero-order valence-corrected chi connectivity index (χ0v) is 9.76.